The number of carbonyl (C=O) groups is 1. The van der Waals surface area contributed by atoms with Gasteiger partial charge in [-0.3, -0.25) is 4.79 Å². The summed E-state index contributed by atoms with van der Waals surface area (Å²) < 4.78 is 5.02. The van der Waals surface area contributed by atoms with Gasteiger partial charge in [0.15, 0.2) is 0 Å². The first-order valence-electron chi connectivity index (χ1n) is 7.74. The molecule has 4 heteroatoms. The average molecular weight is 299 g/mol. The molecular weight excluding hydrogens is 278 g/mol. The fraction of sp³-hybridized carbons (Fsp3) is 0.389. The molecule has 0 radical (unpaired) electrons. The summed E-state index contributed by atoms with van der Waals surface area (Å²) in [5, 5.41) is 10.7. The van der Waals surface area contributed by atoms with Gasteiger partial charge in [-0.05, 0) is 24.5 Å². The molecule has 0 saturated heterocycles. The molecule has 1 aliphatic rings. The van der Waals surface area contributed by atoms with Gasteiger partial charge in [-0.2, -0.15) is 0 Å². The largest absolute Gasteiger partial charge is 0.472 e. The maximum absolute atomic E-state index is 12.7. The number of amides is 1. The zero-order chi connectivity index (χ0) is 15.4. The molecule has 22 heavy (non-hydrogen) atoms. The van der Waals surface area contributed by atoms with E-state index in [-0.39, 0.29) is 5.91 Å². The van der Waals surface area contributed by atoms with Gasteiger partial charge in [-0.25, -0.2) is 0 Å². The van der Waals surface area contributed by atoms with E-state index in [1.165, 1.54) is 12.5 Å². The Kier molecular flexibility index (Phi) is 4.29. The van der Waals surface area contributed by atoms with E-state index in [9.17, 15) is 9.90 Å². The predicted octanol–water partition coefficient (Wildman–Crippen LogP) is 3.23. The minimum Gasteiger partial charge on any atom is -0.472 e. The van der Waals surface area contributed by atoms with Crippen LogP contribution in [0.3, 0.4) is 0 Å². The van der Waals surface area contributed by atoms with Gasteiger partial charge in [-0.1, -0.05) is 43.2 Å². The summed E-state index contributed by atoms with van der Waals surface area (Å²) in [5.41, 5.74) is 0.826. The lowest BCUT2D eigenvalue weighted by Gasteiger charge is -2.31. The number of aliphatic hydroxyl groups is 1. The Hall–Kier alpha value is -2.07. The molecule has 4 nitrogen and oxygen atoms in total. The standard InChI is InChI=1S/C18H21NO3/c20-17(16-8-11-22-13-16)19(12-15-6-2-1-3-7-15)14-18(21)9-4-5-10-18/h1-3,6-8,11,13,21H,4-5,9-10,12,14H2. The minimum absolute atomic E-state index is 0.0991. The lowest BCUT2D eigenvalue weighted by atomic mass is 10.0. The highest BCUT2D eigenvalue weighted by Gasteiger charge is 2.35. The number of furan rings is 1. The van der Waals surface area contributed by atoms with Crippen LogP contribution < -0.4 is 0 Å². The highest BCUT2D eigenvalue weighted by molar-refractivity contribution is 5.93. The third-order valence-electron chi connectivity index (χ3n) is 4.29. The van der Waals surface area contributed by atoms with Crippen LogP contribution in [0.1, 0.15) is 41.6 Å². The lowest BCUT2D eigenvalue weighted by molar-refractivity contribution is 0.00783. The Bertz CT molecular complexity index is 601. The fourth-order valence-electron chi connectivity index (χ4n) is 3.12. The highest BCUT2D eigenvalue weighted by atomic mass is 16.3. The zero-order valence-electron chi connectivity index (χ0n) is 12.6. The van der Waals surface area contributed by atoms with Gasteiger partial charge >= 0.3 is 0 Å². The Labute approximate surface area is 130 Å². The van der Waals surface area contributed by atoms with Gasteiger partial charge in [0, 0.05) is 6.54 Å². The van der Waals surface area contributed by atoms with Gasteiger partial charge in [0.2, 0.25) is 0 Å². The van der Waals surface area contributed by atoms with Crippen molar-refractivity contribution >= 4 is 5.91 Å². The van der Waals surface area contributed by atoms with Crippen LogP contribution in [-0.4, -0.2) is 28.1 Å². The molecule has 1 saturated carbocycles. The number of hydrogen-bond acceptors (Lipinski definition) is 3. The number of hydrogen-bond donors (Lipinski definition) is 1. The molecule has 1 aliphatic carbocycles. The molecule has 1 aromatic heterocycles. The maximum Gasteiger partial charge on any atom is 0.257 e. The van der Waals surface area contributed by atoms with Gasteiger partial charge < -0.3 is 14.4 Å². The molecule has 116 valence electrons. The SMILES string of the molecule is O=C(c1ccoc1)N(Cc1ccccc1)CC1(O)CCCC1. The van der Waals surface area contributed by atoms with Crippen LogP contribution in [0.2, 0.25) is 0 Å². The van der Waals surface area contributed by atoms with Gasteiger partial charge in [0.05, 0.1) is 24.0 Å². The molecule has 0 spiro atoms. The van der Waals surface area contributed by atoms with E-state index < -0.39 is 5.60 Å². The molecule has 1 amide bonds. The number of nitrogens with zero attached hydrogens (tertiary/aromatic N) is 1. The van der Waals surface area contributed by atoms with Crippen LogP contribution in [0.15, 0.2) is 53.3 Å². The molecular formula is C18H21NO3. The number of benzene rings is 1. The van der Waals surface area contributed by atoms with E-state index in [0.29, 0.717) is 18.7 Å². The Morgan fingerprint density at radius 3 is 2.55 bits per heavy atom. The Morgan fingerprint density at radius 1 is 1.18 bits per heavy atom. The second-order valence-corrected chi connectivity index (χ2v) is 6.09. The van der Waals surface area contributed by atoms with Crippen molar-refractivity contribution < 1.29 is 14.3 Å². The third kappa shape index (κ3) is 3.39. The summed E-state index contributed by atoms with van der Waals surface area (Å²) in [7, 11) is 0. The average Bonchev–Trinajstić information content (AvgIpc) is 3.19. The normalized spacial score (nSPS) is 16.6. The zero-order valence-corrected chi connectivity index (χ0v) is 12.6. The summed E-state index contributed by atoms with van der Waals surface area (Å²) >= 11 is 0. The number of rotatable bonds is 5. The van der Waals surface area contributed by atoms with E-state index in [0.717, 1.165) is 31.2 Å². The molecule has 2 aromatic rings. The van der Waals surface area contributed by atoms with Crippen molar-refractivity contribution in [3.8, 4) is 0 Å². The van der Waals surface area contributed by atoms with Crippen LogP contribution in [0.5, 0.6) is 0 Å². The molecule has 1 aromatic carbocycles. The molecule has 1 N–H and O–H groups in total. The van der Waals surface area contributed by atoms with Crippen molar-refractivity contribution in [3.05, 3.63) is 60.1 Å². The van der Waals surface area contributed by atoms with Gasteiger partial charge in [0.25, 0.3) is 5.91 Å². The van der Waals surface area contributed by atoms with Crippen molar-refractivity contribution in [2.45, 2.75) is 37.8 Å². The van der Waals surface area contributed by atoms with E-state index in [1.54, 1.807) is 11.0 Å². The van der Waals surface area contributed by atoms with Crippen LogP contribution in [0.25, 0.3) is 0 Å². The fourth-order valence-corrected chi connectivity index (χ4v) is 3.12. The van der Waals surface area contributed by atoms with Gasteiger partial charge in [0.1, 0.15) is 6.26 Å². The quantitative estimate of drug-likeness (QED) is 0.922. The molecule has 0 aliphatic heterocycles. The monoisotopic (exact) mass is 299 g/mol. The summed E-state index contributed by atoms with van der Waals surface area (Å²) in [4.78, 5) is 14.4. The van der Waals surface area contributed by atoms with Crippen LogP contribution in [0.4, 0.5) is 0 Å². The summed E-state index contributed by atoms with van der Waals surface area (Å²) in [6.45, 7) is 0.860. The van der Waals surface area contributed by atoms with Crippen LogP contribution >= 0.6 is 0 Å². The first-order valence-corrected chi connectivity index (χ1v) is 7.74. The smallest absolute Gasteiger partial charge is 0.257 e. The second-order valence-electron chi connectivity index (χ2n) is 6.09. The highest BCUT2D eigenvalue weighted by Crippen LogP contribution is 2.31. The predicted molar refractivity (Wildman–Crippen MR) is 83.3 cm³/mol. The van der Waals surface area contributed by atoms with E-state index >= 15 is 0 Å². The molecule has 0 atom stereocenters. The van der Waals surface area contributed by atoms with E-state index in [1.807, 2.05) is 30.3 Å². The molecule has 1 heterocycles. The van der Waals surface area contributed by atoms with Crippen LogP contribution in [-0.2, 0) is 6.54 Å². The maximum atomic E-state index is 12.7. The lowest BCUT2D eigenvalue weighted by Crippen LogP contribution is -2.43. The Morgan fingerprint density at radius 2 is 1.91 bits per heavy atom. The van der Waals surface area contributed by atoms with E-state index in [2.05, 4.69) is 0 Å². The minimum atomic E-state index is -0.756. The first kappa shape index (κ1) is 14.9. The second kappa shape index (κ2) is 6.36. The summed E-state index contributed by atoms with van der Waals surface area (Å²) in [6.07, 6.45) is 6.52. The first-order chi connectivity index (χ1) is 10.7. The third-order valence-corrected chi connectivity index (χ3v) is 4.29. The molecule has 1 fully saturated rings. The molecule has 0 bridgehead atoms. The summed E-state index contributed by atoms with van der Waals surface area (Å²) in [6, 6.07) is 11.5. The van der Waals surface area contributed by atoms with Gasteiger partial charge in [-0.15, -0.1) is 0 Å². The van der Waals surface area contributed by atoms with Crippen molar-refractivity contribution in [2.24, 2.45) is 0 Å². The van der Waals surface area contributed by atoms with Crippen molar-refractivity contribution in [1.29, 1.82) is 0 Å². The molecule has 0 unspecified atom stereocenters. The molecule has 3 rings (SSSR count). The topological polar surface area (TPSA) is 53.7 Å². The number of carbonyl (C=O) groups excluding carboxylic acids is 1. The Balaban J connectivity index is 1.80. The van der Waals surface area contributed by atoms with Crippen molar-refractivity contribution in [1.82, 2.24) is 4.90 Å². The van der Waals surface area contributed by atoms with Crippen molar-refractivity contribution in [3.63, 3.8) is 0 Å². The van der Waals surface area contributed by atoms with E-state index in [4.69, 9.17) is 4.42 Å². The van der Waals surface area contributed by atoms with Crippen LogP contribution in [0, 0.1) is 0 Å². The summed E-state index contributed by atoms with van der Waals surface area (Å²) in [5.74, 6) is -0.0991. The van der Waals surface area contributed by atoms with Crippen molar-refractivity contribution in [2.75, 3.05) is 6.54 Å².